The van der Waals surface area contributed by atoms with E-state index >= 15 is 0 Å². The van der Waals surface area contributed by atoms with Crippen LogP contribution in [0.5, 0.6) is 11.5 Å². The van der Waals surface area contributed by atoms with Crippen molar-refractivity contribution in [1.82, 2.24) is 5.32 Å². The van der Waals surface area contributed by atoms with Crippen LogP contribution in [0.15, 0.2) is 48.5 Å². The van der Waals surface area contributed by atoms with Crippen LogP contribution in [0.3, 0.4) is 0 Å². The van der Waals surface area contributed by atoms with Crippen LogP contribution in [-0.2, 0) is 4.79 Å². The number of methoxy groups -OCH3 is 1. The summed E-state index contributed by atoms with van der Waals surface area (Å²) in [5.74, 6) is 1.50. The second-order valence-corrected chi connectivity index (χ2v) is 6.76. The minimum absolute atomic E-state index is 0.0198. The number of rotatable bonds is 7. The Morgan fingerprint density at radius 2 is 1.92 bits per heavy atom. The number of para-hydroxylation sites is 2. The lowest BCUT2D eigenvalue weighted by atomic mass is 10.1. The van der Waals surface area contributed by atoms with E-state index in [0.717, 1.165) is 24.5 Å². The number of hydrogen-bond acceptors (Lipinski definition) is 4. The maximum absolute atomic E-state index is 12.1. The van der Waals surface area contributed by atoms with Gasteiger partial charge < -0.3 is 19.7 Å². The number of hydrogen-bond donors (Lipinski definition) is 1. The average molecular weight is 375 g/mol. The first kappa shape index (κ1) is 18.4. The van der Waals surface area contributed by atoms with Crippen molar-refractivity contribution in [2.45, 2.75) is 6.42 Å². The first-order valence-corrected chi connectivity index (χ1v) is 9.06. The van der Waals surface area contributed by atoms with Gasteiger partial charge in [0.1, 0.15) is 0 Å². The molecule has 1 aliphatic heterocycles. The highest BCUT2D eigenvalue weighted by Crippen LogP contribution is 2.26. The molecule has 1 amide bonds. The van der Waals surface area contributed by atoms with Crippen molar-refractivity contribution in [3.05, 3.63) is 53.6 Å². The van der Waals surface area contributed by atoms with Crippen molar-refractivity contribution < 1.29 is 14.3 Å². The summed E-state index contributed by atoms with van der Waals surface area (Å²) in [5, 5.41) is 3.70. The molecular formula is C20H23ClN2O3. The second-order valence-electron chi connectivity index (χ2n) is 6.32. The third-order valence-electron chi connectivity index (χ3n) is 4.49. The monoisotopic (exact) mass is 374 g/mol. The van der Waals surface area contributed by atoms with Crippen molar-refractivity contribution in [2.24, 2.45) is 5.92 Å². The lowest BCUT2D eigenvalue weighted by Crippen LogP contribution is -2.34. The van der Waals surface area contributed by atoms with Crippen molar-refractivity contribution in [2.75, 3.05) is 38.3 Å². The van der Waals surface area contributed by atoms with E-state index in [-0.39, 0.29) is 12.5 Å². The number of anilines is 1. The highest BCUT2D eigenvalue weighted by molar-refractivity contribution is 6.30. The fourth-order valence-electron chi connectivity index (χ4n) is 3.08. The standard InChI is InChI=1S/C20H23ClN2O3/c1-25-18-4-2-3-5-19(18)26-14-20(24)22-12-15-10-11-23(13-15)17-8-6-16(21)7-9-17/h2-9,15H,10-14H2,1H3,(H,22,24). The lowest BCUT2D eigenvalue weighted by molar-refractivity contribution is -0.123. The minimum atomic E-state index is -0.124. The molecule has 5 nitrogen and oxygen atoms in total. The Bertz CT molecular complexity index is 736. The van der Waals surface area contributed by atoms with Gasteiger partial charge >= 0.3 is 0 Å². The predicted molar refractivity (Wildman–Crippen MR) is 103 cm³/mol. The summed E-state index contributed by atoms with van der Waals surface area (Å²) in [4.78, 5) is 14.4. The number of carbonyl (C=O) groups excluding carboxylic acids is 1. The van der Waals surface area contributed by atoms with Crippen molar-refractivity contribution in [1.29, 1.82) is 0 Å². The van der Waals surface area contributed by atoms with E-state index in [2.05, 4.69) is 10.2 Å². The molecule has 1 fully saturated rings. The molecule has 0 bridgehead atoms. The zero-order valence-electron chi connectivity index (χ0n) is 14.8. The summed E-state index contributed by atoms with van der Waals surface area (Å²) in [6.45, 7) is 2.54. The van der Waals surface area contributed by atoms with Gasteiger partial charge in [-0.15, -0.1) is 0 Å². The zero-order chi connectivity index (χ0) is 18.4. The fourth-order valence-corrected chi connectivity index (χ4v) is 3.20. The van der Waals surface area contributed by atoms with E-state index in [1.807, 2.05) is 36.4 Å². The summed E-state index contributed by atoms with van der Waals surface area (Å²) in [5.41, 5.74) is 1.17. The van der Waals surface area contributed by atoms with Crippen LogP contribution in [0.25, 0.3) is 0 Å². The van der Waals surface area contributed by atoms with Gasteiger partial charge in [-0.3, -0.25) is 4.79 Å². The molecule has 2 aromatic carbocycles. The van der Waals surface area contributed by atoms with Crippen molar-refractivity contribution >= 4 is 23.2 Å². The van der Waals surface area contributed by atoms with Crippen LogP contribution in [0.1, 0.15) is 6.42 Å². The summed E-state index contributed by atoms with van der Waals surface area (Å²) in [7, 11) is 1.58. The topological polar surface area (TPSA) is 50.8 Å². The summed E-state index contributed by atoms with van der Waals surface area (Å²) in [6.07, 6.45) is 1.05. The van der Waals surface area contributed by atoms with Crippen LogP contribution in [0.2, 0.25) is 5.02 Å². The number of benzene rings is 2. The van der Waals surface area contributed by atoms with Gasteiger partial charge in [0.15, 0.2) is 18.1 Å². The minimum Gasteiger partial charge on any atom is -0.493 e. The Morgan fingerprint density at radius 3 is 2.65 bits per heavy atom. The summed E-state index contributed by atoms with van der Waals surface area (Å²) >= 11 is 5.94. The van der Waals surface area contributed by atoms with Crippen molar-refractivity contribution in [3.63, 3.8) is 0 Å². The molecule has 26 heavy (non-hydrogen) atoms. The number of halogens is 1. The molecule has 0 radical (unpaired) electrons. The number of ether oxygens (including phenoxy) is 2. The van der Waals surface area contributed by atoms with E-state index in [0.29, 0.717) is 24.0 Å². The molecule has 1 heterocycles. The van der Waals surface area contributed by atoms with Gasteiger partial charge in [-0.25, -0.2) is 0 Å². The van der Waals surface area contributed by atoms with Gasteiger partial charge in [0.05, 0.1) is 7.11 Å². The maximum atomic E-state index is 12.1. The normalized spacial score (nSPS) is 16.4. The SMILES string of the molecule is COc1ccccc1OCC(=O)NCC1CCN(c2ccc(Cl)cc2)C1. The van der Waals surface area contributed by atoms with E-state index in [1.165, 1.54) is 5.69 Å². The summed E-state index contributed by atoms with van der Waals surface area (Å²) in [6, 6.07) is 15.2. The fraction of sp³-hybridized carbons (Fsp3) is 0.350. The number of nitrogens with one attached hydrogen (secondary N) is 1. The van der Waals surface area contributed by atoms with E-state index in [9.17, 15) is 4.79 Å². The molecular weight excluding hydrogens is 352 g/mol. The Labute approximate surface area is 158 Å². The van der Waals surface area contributed by atoms with E-state index < -0.39 is 0 Å². The van der Waals surface area contributed by atoms with Crippen LogP contribution in [0.4, 0.5) is 5.69 Å². The lowest BCUT2D eigenvalue weighted by Gasteiger charge is -2.19. The van der Waals surface area contributed by atoms with Crippen LogP contribution < -0.4 is 19.7 Å². The quantitative estimate of drug-likeness (QED) is 0.807. The molecule has 1 atom stereocenters. The molecule has 138 valence electrons. The molecule has 0 saturated carbocycles. The van der Waals surface area contributed by atoms with Gasteiger partial charge in [0.2, 0.25) is 0 Å². The Balaban J connectivity index is 1.41. The molecule has 0 spiro atoms. The molecule has 2 aromatic rings. The largest absolute Gasteiger partial charge is 0.493 e. The average Bonchev–Trinajstić information content (AvgIpc) is 3.14. The number of nitrogens with zero attached hydrogens (tertiary/aromatic N) is 1. The maximum Gasteiger partial charge on any atom is 0.257 e. The first-order chi connectivity index (χ1) is 12.7. The summed E-state index contributed by atoms with van der Waals surface area (Å²) < 4.78 is 10.8. The second kappa shape index (κ2) is 8.81. The highest BCUT2D eigenvalue weighted by atomic mass is 35.5. The highest BCUT2D eigenvalue weighted by Gasteiger charge is 2.23. The van der Waals surface area contributed by atoms with E-state index in [1.54, 1.807) is 19.2 Å². The van der Waals surface area contributed by atoms with E-state index in [4.69, 9.17) is 21.1 Å². The molecule has 3 rings (SSSR count). The van der Waals surface area contributed by atoms with Gasteiger partial charge in [-0.05, 0) is 48.7 Å². The number of carbonyl (C=O) groups is 1. The third kappa shape index (κ3) is 4.82. The molecule has 1 saturated heterocycles. The molecule has 1 unspecified atom stereocenters. The van der Waals surface area contributed by atoms with Crippen LogP contribution in [-0.4, -0.2) is 39.3 Å². The molecule has 1 N–H and O–H groups in total. The van der Waals surface area contributed by atoms with Crippen LogP contribution >= 0.6 is 11.6 Å². The molecule has 1 aliphatic rings. The van der Waals surface area contributed by atoms with Gasteiger partial charge in [0.25, 0.3) is 5.91 Å². The Kier molecular flexibility index (Phi) is 6.23. The van der Waals surface area contributed by atoms with Gasteiger partial charge in [0, 0.05) is 30.3 Å². The predicted octanol–water partition coefficient (Wildman–Crippen LogP) is 3.37. The zero-order valence-corrected chi connectivity index (χ0v) is 15.5. The molecule has 6 heteroatoms. The first-order valence-electron chi connectivity index (χ1n) is 8.68. The van der Waals surface area contributed by atoms with Crippen molar-refractivity contribution in [3.8, 4) is 11.5 Å². The van der Waals surface area contributed by atoms with Gasteiger partial charge in [-0.1, -0.05) is 23.7 Å². The Hall–Kier alpha value is -2.40. The van der Waals surface area contributed by atoms with Crippen LogP contribution in [0, 0.1) is 5.92 Å². The van der Waals surface area contributed by atoms with Gasteiger partial charge in [-0.2, -0.15) is 0 Å². The smallest absolute Gasteiger partial charge is 0.257 e. The molecule has 0 aliphatic carbocycles. The third-order valence-corrected chi connectivity index (χ3v) is 4.75. The molecule has 0 aromatic heterocycles. The number of amides is 1. The Morgan fingerprint density at radius 1 is 1.19 bits per heavy atom.